The number of pyridine rings is 1. The summed E-state index contributed by atoms with van der Waals surface area (Å²) >= 11 is 5.79. The highest BCUT2D eigenvalue weighted by Gasteiger charge is 2.20. The molecule has 2 aromatic carbocycles. The van der Waals surface area contributed by atoms with Crippen LogP contribution in [-0.4, -0.2) is 34.3 Å². The number of nitrogens with zero attached hydrogens (tertiary/aromatic N) is 1. The summed E-state index contributed by atoms with van der Waals surface area (Å²) in [6, 6.07) is 12.3. The van der Waals surface area contributed by atoms with Crippen LogP contribution in [0.1, 0.15) is 43.2 Å². The van der Waals surface area contributed by atoms with E-state index in [0.29, 0.717) is 60.0 Å². The molecule has 1 saturated carbocycles. The van der Waals surface area contributed by atoms with Crippen LogP contribution in [-0.2, 0) is 13.1 Å². The lowest BCUT2D eigenvalue weighted by molar-refractivity contribution is 0.172. The molecular formula is C26H28FN3O3S. The fourth-order valence-corrected chi connectivity index (χ4v) is 4.93. The van der Waals surface area contributed by atoms with Crippen molar-refractivity contribution >= 4 is 28.2 Å². The number of aromatic nitrogens is 1. The van der Waals surface area contributed by atoms with Crippen molar-refractivity contribution in [2.45, 2.75) is 51.2 Å². The summed E-state index contributed by atoms with van der Waals surface area (Å²) in [7, 11) is 0. The molecule has 5 rings (SSSR count). The summed E-state index contributed by atoms with van der Waals surface area (Å²) in [5.41, 5.74) is 2.05. The number of thiocarbonyl (C=S) groups is 1. The highest BCUT2D eigenvalue weighted by molar-refractivity contribution is 7.80. The van der Waals surface area contributed by atoms with Gasteiger partial charge in [0.1, 0.15) is 19.0 Å². The van der Waals surface area contributed by atoms with E-state index in [4.69, 9.17) is 21.7 Å². The molecule has 2 N–H and O–H groups in total. The Kier molecular flexibility index (Phi) is 6.67. The van der Waals surface area contributed by atoms with E-state index in [1.807, 2.05) is 17.0 Å². The predicted octanol–water partition coefficient (Wildman–Crippen LogP) is 4.65. The average molecular weight is 482 g/mol. The van der Waals surface area contributed by atoms with Crippen LogP contribution >= 0.6 is 12.2 Å². The van der Waals surface area contributed by atoms with Gasteiger partial charge in [-0.3, -0.25) is 4.79 Å². The minimum Gasteiger partial charge on any atom is -0.486 e. The predicted molar refractivity (Wildman–Crippen MR) is 134 cm³/mol. The van der Waals surface area contributed by atoms with E-state index in [2.05, 4.69) is 10.3 Å². The number of nitrogens with one attached hydrogen (secondary N) is 2. The summed E-state index contributed by atoms with van der Waals surface area (Å²) in [5, 5.41) is 4.98. The maximum Gasteiger partial charge on any atom is 0.253 e. The quantitative estimate of drug-likeness (QED) is 0.518. The lowest BCUT2D eigenvalue weighted by Gasteiger charge is -2.31. The Morgan fingerprint density at radius 2 is 1.74 bits per heavy atom. The van der Waals surface area contributed by atoms with Gasteiger partial charge < -0.3 is 24.7 Å². The fourth-order valence-electron chi connectivity index (χ4n) is 4.63. The second-order valence-electron chi connectivity index (χ2n) is 8.97. The highest BCUT2D eigenvalue weighted by atomic mass is 32.1. The second-order valence-corrected chi connectivity index (χ2v) is 9.36. The summed E-state index contributed by atoms with van der Waals surface area (Å²) < 4.78 is 24.8. The highest BCUT2D eigenvalue weighted by Crippen LogP contribution is 2.33. The van der Waals surface area contributed by atoms with E-state index in [1.54, 1.807) is 18.2 Å². The zero-order chi connectivity index (χ0) is 23.5. The number of aromatic amines is 1. The van der Waals surface area contributed by atoms with E-state index >= 15 is 0 Å². The molecular weight excluding hydrogens is 453 g/mol. The molecule has 1 aliphatic carbocycles. The summed E-state index contributed by atoms with van der Waals surface area (Å²) in [6.07, 6.45) is 5.83. The van der Waals surface area contributed by atoms with Crippen molar-refractivity contribution in [3.05, 3.63) is 69.8 Å². The van der Waals surface area contributed by atoms with Crippen LogP contribution in [0, 0.1) is 5.82 Å². The normalized spacial score (nSPS) is 15.8. The smallest absolute Gasteiger partial charge is 0.253 e. The number of fused-ring (bicyclic) bond motifs is 2. The maximum atomic E-state index is 13.4. The molecule has 1 fully saturated rings. The molecule has 1 aliphatic heterocycles. The molecule has 0 bridgehead atoms. The van der Waals surface area contributed by atoms with Gasteiger partial charge in [-0.25, -0.2) is 4.39 Å². The van der Waals surface area contributed by atoms with Crippen LogP contribution in [0.15, 0.2) is 47.3 Å². The van der Waals surface area contributed by atoms with Gasteiger partial charge in [0.05, 0.1) is 12.1 Å². The third-order valence-electron chi connectivity index (χ3n) is 6.45. The number of ether oxygens (including phenoxy) is 2. The van der Waals surface area contributed by atoms with Gasteiger partial charge in [0.2, 0.25) is 0 Å². The summed E-state index contributed by atoms with van der Waals surface area (Å²) in [4.78, 5) is 17.9. The van der Waals surface area contributed by atoms with Gasteiger partial charge in [-0.1, -0.05) is 31.4 Å². The maximum absolute atomic E-state index is 13.4. The molecule has 0 atom stereocenters. The van der Waals surface area contributed by atoms with Gasteiger partial charge in [-0.05, 0) is 54.9 Å². The minimum atomic E-state index is -0.279. The van der Waals surface area contributed by atoms with Gasteiger partial charge in [0, 0.05) is 29.6 Å². The monoisotopic (exact) mass is 481 g/mol. The number of rotatable bonds is 5. The Hall–Kier alpha value is -3.13. The van der Waals surface area contributed by atoms with Crippen molar-refractivity contribution in [2.24, 2.45) is 0 Å². The molecule has 2 aliphatic rings. The van der Waals surface area contributed by atoms with E-state index in [0.717, 1.165) is 23.8 Å². The first-order chi connectivity index (χ1) is 16.5. The Balaban J connectivity index is 1.42. The van der Waals surface area contributed by atoms with Crippen LogP contribution in [0.5, 0.6) is 11.5 Å². The van der Waals surface area contributed by atoms with Crippen LogP contribution < -0.4 is 20.3 Å². The molecule has 0 amide bonds. The van der Waals surface area contributed by atoms with Gasteiger partial charge in [0.25, 0.3) is 5.56 Å². The lowest BCUT2D eigenvalue weighted by atomic mass is 9.96. The number of benzene rings is 2. The Morgan fingerprint density at radius 1 is 1.03 bits per heavy atom. The average Bonchev–Trinajstić information content (AvgIpc) is 2.85. The van der Waals surface area contributed by atoms with Crippen LogP contribution in [0.4, 0.5) is 4.39 Å². The van der Waals surface area contributed by atoms with Crippen molar-refractivity contribution in [3.8, 4) is 11.5 Å². The summed E-state index contributed by atoms with van der Waals surface area (Å²) in [5.74, 6) is 1.03. The van der Waals surface area contributed by atoms with E-state index < -0.39 is 0 Å². The number of halogens is 1. The molecule has 2 heterocycles. The molecule has 0 spiro atoms. The van der Waals surface area contributed by atoms with Crippen molar-refractivity contribution in [1.29, 1.82) is 0 Å². The zero-order valence-corrected chi connectivity index (χ0v) is 19.8. The first kappa shape index (κ1) is 22.7. The van der Waals surface area contributed by atoms with Crippen LogP contribution in [0.2, 0.25) is 0 Å². The van der Waals surface area contributed by atoms with E-state index in [-0.39, 0.29) is 11.4 Å². The number of H-pyrrole nitrogens is 1. The van der Waals surface area contributed by atoms with Crippen LogP contribution in [0.25, 0.3) is 10.9 Å². The number of hydrogen-bond donors (Lipinski definition) is 2. The standard InChI is InChI=1S/C26H28FN3O3S/c27-20-8-6-17(7-9-20)15-30(26(34)28-21-4-2-1-3-5-21)16-19-12-18-13-23-24(33-11-10-32-23)14-22(18)29-25(19)31/h6-9,12-14,21H,1-5,10-11,15-16H2,(H,28,34)(H,29,31). The number of hydrogen-bond acceptors (Lipinski definition) is 4. The molecule has 0 unspecified atom stereocenters. The molecule has 0 saturated heterocycles. The van der Waals surface area contributed by atoms with Gasteiger partial charge in [-0.15, -0.1) is 0 Å². The molecule has 3 aromatic rings. The molecule has 1 aromatic heterocycles. The molecule has 8 heteroatoms. The minimum absolute atomic E-state index is 0.172. The van der Waals surface area contributed by atoms with Crippen molar-refractivity contribution in [3.63, 3.8) is 0 Å². The second kappa shape index (κ2) is 10.0. The Bertz CT molecular complexity index is 1240. The van der Waals surface area contributed by atoms with Gasteiger partial charge in [0.15, 0.2) is 16.6 Å². The third-order valence-corrected chi connectivity index (χ3v) is 6.83. The fraction of sp³-hybridized carbons (Fsp3) is 0.385. The topological polar surface area (TPSA) is 66.6 Å². The third kappa shape index (κ3) is 5.17. The van der Waals surface area contributed by atoms with Crippen molar-refractivity contribution in [1.82, 2.24) is 15.2 Å². The zero-order valence-electron chi connectivity index (χ0n) is 18.9. The molecule has 34 heavy (non-hydrogen) atoms. The van der Waals surface area contributed by atoms with Crippen molar-refractivity contribution in [2.75, 3.05) is 13.2 Å². The summed E-state index contributed by atoms with van der Waals surface area (Å²) in [6.45, 7) is 1.79. The Labute approximate surface area is 203 Å². The van der Waals surface area contributed by atoms with Crippen molar-refractivity contribution < 1.29 is 13.9 Å². The molecule has 178 valence electrons. The van der Waals surface area contributed by atoms with Crippen LogP contribution in [0.3, 0.4) is 0 Å². The Morgan fingerprint density at radius 3 is 2.47 bits per heavy atom. The molecule has 0 radical (unpaired) electrons. The lowest BCUT2D eigenvalue weighted by Crippen LogP contribution is -2.45. The first-order valence-corrected chi connectivity index (χ1v) is 12.2. The van der Waals surface area contributed by atoms with E-state index in [1.165, 1.54) is 31.4 Å². The largest absolute Gasteiger partial charge is 0.486 e. The van der Waals surface area contributed by atoms with Gasteiger partial charge >= 0.3 is 0 Å². The van der Waals surface area contributed by atoms with Gasteiger partial charge in [-0.2, -0.15) is 0 Å². The van der Waals surface area contributed by atoms with E-state index in [9.17, 15) is 9.18 Å². The SMILES string of the molecule is O=c1[nH]c2cc3c(cc2cc1CN(Cc1ccc(F)cc1)C(=S)NC1CCCCC1)OCCO3. The first-order valence-electron chi connectivity index (χ1n) is 11.8. The molecule has 6 nitrogen and oxygen atoms in total.